The fourth-order valence-corrected chi connectivity index (χ4v) is 1.64. The van der Waals surface area contributed by atoms with Crippen LogP contribution in [-0.4, -0.2) is 17.9 Å². The first kappa shape index (κ1) is 12.1. The predicted octanol–water partition coefficient (Wildman–Crippen LogP) is 1.87. The van der Waals surface area contributed by atoms with Crippen molar-refractivity contribution in [3.8, 4) is 0 Å². The molecule has 4 nitrogen and oxygen atoms in total. The van der Waals surface area contributed by atoms with E-state index in [9.17, 15) is 4.79 Å². The summed E-state index contributed by atoms with van der Waals surface area (Å²) in [5, 5.41) is 0. The maximum Gasteiger partial charge on any atom is 0.231 e. The number of hydrogen-bond donors (Lipinski definition) is 1. The average molecular weight is 241 g/mol. The maximum atomic E-state index is 12.1. The Balaban J connectivity index is 2.06. The van der Waals surface area contributed by atoms with Gasteiger partial charge in [-0.25, -0.2) is 0 Å². The van der Waals surface area contributed by atoms with Crippen LogP contribution in [0.25, 0.3) is 0 Å². The molecule has 2 rings (SSSR count). The highest BCUT2D eigenvalue weighted by Gasteiger charge is 2.11. The Labute approximate surface area is 106 Å². The molecule has 0 aliphatic carbocycles. The van der Waals surface area contributed by atoms with Crippen LogP contribution in [0.15, 0.2) is 48.8 Å². The molecule has 4 heteroatoms. The summed E-state index contributed by atoms with van der Waals surface area (Å²) in [6.45, 7) is 0. The summed E-state index contributed by atoms with van der Waals surface area (Å²) in [5.74, 6) is 0.0333. The molecule has 2 N–H and O–H groups in total. The van der Waals surface area contributed by atoms with Crippen molar-refractivity contribution in [3.63, 3.8) is 0 Å². The second-order valence-corrected chi connectivity index (χ2v) is 4.08. The Bertz CT molecular complexity index is 522. The van der Waals surface area contributed by atoms with Crippen molar-refractivity contribution < 1.29 is 4.79 Å². The molecule has 0 saturated carbocycles. The Hall–Kier alpha value is -2.36. The van der Waals surface area contributed by atoms with Gasteiger partial charge >= 0.3 is 0 Å². The van der Waals surface area contributed by atoms with Crippen LogP contribution in [0.3, 0.4) is 0 Å². The minimum Gasteiger partial charge on any atom is -0.399 e. The van der Waals surface area contributed by atoms with E-state index in [1.165, 1.54) is 0 Å². The first-order valence-corrected chi connectivity index (χ1v) is 5.68. The summed E-state index contributed by atoms with van der Waals surface area (Å²) in [6.07, 6.45) is 3.70. The summed E-state index contributed by atoms with van der Waals surface area (Å²) < 4.78 is 0. The molecule has 0 fully saturated rings. The highest BCUT2D eigenvalue weighted by Crippen LogP contribution is 2.13. The van der Waals surface area contributed by atoms with Gasteiger partial charge < -0.3 is 10.6 Å². The van der Waals surface area contributed by atoms with E-state index in [-0.39, 0.29) is 5.91 Å². The normalized spacial score (nSPS) is 10.1. The van der Waals surface area contributed by atoms with Crippen LogP contribution < -0.4 is 10.6 Å². The Kier molecular flexibility index (Phi) is 3.57. The zero-order chi connectivity index (χ0) is 13.0. The van der Waals surface area contributed by atoms with Crippen LogP contribution in [-0.2, 0) is 11.2 Å². The SMILES string of the molecule is CN(C(=O)Cc1ccc(N)cc1)c1ccncc1. The van der Waals surface area contributed by atoms with Gasteiger partial charge in [-0.1, -0.05) is 12.1 Å². The van der Waals surface area contributed by atoms with Gasteiger partial charge in [0, 0.05) is 30.8 Å². The molecule has 18 heavy (non-hydrogen) atoms. The van der Waals surface area contributed by atoms with Crippen LogP contribution >= 0.6 is 0 Å². The molecule has 0 spiro atoms. The smallest absolute Gasteiger partial charge is 0.231 e. The van der Waals surface area contributed by atoms with Crippen LogP contribution in [0.1, 0.15) is 5.56 Å². The van der Waals surface area contributed by atoms with Crippen molar-refractivity contribution in [1.29, 1.82) is 0 Å². The first-order chi connectivity index (χ1) is 8.66. The molecule has 0 aliphatic heterocycles. The number of carbonyl (C=O) groups excluding carboxylic acids is 1. The average Bonchev–Trinajstić information content (AvgIpc) is 2.41. The van der Waals surface area contributed by atoms with Crippen molar-refractivity contribution in [3.05, 3.63) is 54.4 Å². The van der Waals surface area contributed by atoms with Crippen molar-refractivity contribution in [2.75, 3.05) is 17.7 Å². The number of benzene rings is 1. The highest BCUT2D eigenvalue weighted by molar-refractivity contribution is 5.94. The third-order valence-corrected chi connectivity index (χ3v) is 2.76. The summed E-state index contributed by atoms with van der Waals surface area (Å²) in [7, 11) is 1.76. The highest BCUT2D eigenvalue weighted by atomic mass is 16.2. The van der Waals surface area contributed by atoms with E-state index < -0.39 is 0 Å². The second-order valence-electron chi connectivity index (χ2n) is 4.08. The number of pyridine rings is 1. The summed E-state index contributed by atoms with van der Waals surface area (Å²) in [4.78, 5) is 17.6. The number of nitrogen functional groups attached to an aromatic ring is 1. The van der Waals surface area contributed by atoms with Gasteiger partial charge in [0.25, 0.3) is 0 Å². The molecule has 2 aromatic rings. The molecule has 0 saturated heterocycles. The fraction of sp³-hybridized carbons (Fsp3) is 0.143. The number of hydrogen-bond acceptors (Lipinski definition) is 3. The Morgan fingerprint density at radius 1 is 1.17 bits per heavy atom. The van der Waals surface area contributed by atoms with Crippen LogP contribution in [0, 0.1) is 0 Å². The van der Waals surface area contributed by atoms with Gasteiger partial charge in [-0.2, -0.15) is 0 Å². The van der Waals surface area contributed by atoms with E-state index in [4.69, 9.17) is 5.73 Å². The zero-order valence-corrected chi connectivity index (χ0v) is 10.2. The molecule has 1 aromatic carbocycles. The zero-order valence-electron chi connectivity index (χ0n) is 10.2. The lowest BCUT2D eigenvalue weighted by molar-refractivity contribution is -0.117. The van der Waals surface area contributed by atoms with E-state index in [1.807, 2.05) is 12.1 Å². The number of nitrogens with two attached hydrogens (primary N) is 1. The topological polar surface area (TPSA) is 59.2 Å². The van der Waals surface area contributed by atoms with Crippen molar-refractivity contribution in [2.45, 2.75) is 6.42 Å². The van der Waals surface area contributed by atoms with Gasteiger partial charge in [0.2, 0.25) is 5.91 Å². The largest absolute Gasteiger partial charge is 0.399 e. The van der Waals surface area contributed by atoms with Crippen LogP contribution in [0.4, 0.5) is 11.4 Å². The van der Waals surface area contributed by atoms with E-state index in [2.05, 4.69) is 4.98 Å². The fourth-order valence-electron chi connectivity index (χ4n) is 1.64. The summed E-state index contributed by atoms with van der Waals surface area (Å²) in [5.41, 5.74) is 8.10. The number of aromatic nitrogens is 1. The summed E-state index contributed by atoms with van der Waals surface area (Å²) in [6, 6.07) is 11.0. The van der Waals surface area contributed by atoms with E-state index in [0.717, 1.165) is 11.3 Å². The molecule has 0 atom stereocenters. The molecule has 0 unspecified atom stereocenters. The van der Waals surface area contributed by atoms with Gasteiger partial charge in [-0.15, -0.1) is 0 Å². The van der Waals surface area contributed by atoms with Gasteiger partial charge in [0.05, 0.1) is 6.42 Å². The van der Waals surface area contributed by atoms with Crippen LogP contribution in [0.2, 0.25) is 0 Å². The molecule has 92 valence electrons. The standard InChI is InChI=1S/C14H15N3O/c1-17(13-6-8-16-9-7-13)14(18)10-11-2-4-12(15)5-3-11/h2-9H,10,15H2,1H3. The number of anilines is 2. The monoisotopic (exact) mass is 241 g/mol. The molecule has 1 aromatic heterocycles. The molecule has 0 bridgehead atoms. The quantitative estimate of drug-likeness (QED) is 0.834. The second kappa shape index (κ2) is 5.31. The third kappa shape index (κ3) is 2.85. The van der Waals surface area contributed by atoms with Gasteiger partial charge in [-0.05, 0) is 29.8 Å². The van der Waals surface area contributed by atoms with E-state index in [1.54, 1.807) is 48.6 Å². The third-order valence-electron chi connectivity index (χ3n) is 2.76. The van der Waals surface area contributed by atoms with Gasteiger partial charge in [0.15, 0.2) is 0 Å². The Morgan fingerprint density at radius 2 is 1.78 bits per heavy atom. The molecule has 0 radical (unpaired) electrons. The minimum absolute atomic E-state index is 0.0333. The molecular weight excluding hydrogens is 226 g/mol. The minimum atomic E-state index is 0.0333. The summed E-state index contributed by atoms with van der Waals surface area (Å²) >= 11 is 0. The predicted molar refractivity (Wildman–Crippen MR) is 72.2 cm³/mol. The number of amides is 1. The number of rotatable bonds is 3. The molecular formula is C14H15N3O. The number of carbonyl (C=O) groups is 1. The molecule has 1 amide bonds. The lowest BCUT2D eigenvalue weighted by atomic mass is 10.1. The molecule has 0 aliphatic rings. The number of nitrogens with zero attached hydrogens (tertiary/aromatic N) is 2. The van der Waals surface area contributed by atoms with E-state index in [0.29, 0.717) is 12.1 Å². The number of likely N-dealkylation sites (N-methyl/N-ethyl adjacent to an activating group) is 1. The lowest BCUT2D eigenvalue weighted by Gasteiger charge is -2.17. The van der Waals surface area contributed by atoms with Gasteiger partial charge in [-0.3, -0.25) is 9.78 Å². The maximum absolute atomic E-state index is 12.1. The van der Waals surface area contributed by atoms with E-state index >= 15 is 0 Å². The van der Waals surface area contributed by atoms with Crippen molar-refractivity contribution in [2.24, 2.45) is 0 Å². The van der Waals surface area contributed by atoms with Gasteiger partial charge in [0.1, 0.15) is 0 Å². The Morgan fingerprint density at radius 3 is 2.39 bits per heavy atom. The molecule has 1 heterocycles. The van der Waals surface area contributed by atoms with Crippen molar-refractivity contribution >= 4 is 17.3 Å². The first-order valence-electron chi connectivity index (χ1n) is 5.68. The van der Waals surface area contributed by atoms with Crippen LogP contribution in [0.5, 0.6) is 0 Å². The van der Waals surface area contributed by atoms with Crippen molar-refractivity contribution in [1.82, 2.24) is 4.98 Å². The lowest BCUT2D eigenvalue weighted by Crippen LogP contribution is -2.27.